The summed E-state index contributed by atoms with van der Waals surface area (Å²) in [6.07, 6.45) is 1.09. The van der Waals surface area contributed by atoms with Gasteiger partial charge in [-0.15, -0.1) is 11.3 Å². The zero-order valence-electron chi connectivity index (χ0n) is 18.8. The molecule has 0 saturated carbocycles. The molecule has 0 spiro atoms. The van der Waals surface area contributed by atoms with Crippen LogP contribution in [-0.4, -0.2) is 53.7 Å². The average molecular weight is 518 g/mol. The Morgan fingerprint density at radius 3 is 2.65 bits per heavy atom. The van der Waals surface area contributed by atoms with Gasteiger partial charge in [-0.25, -0.2) is 18.1 Å². The van der Waals surface area contributed by atoms with E-state index in [1.165, 1.54) is 0 Å². The van der Waals surface area contributed by atoms with Gasteiger partial charge in [0.2, 0.25) is 0 Å². The molecule has 0 unspecified atom stereocenters. The minimum atomic E-state index is -3.06. The highest BCUT2D eigenvalue weighted by atomic mass is 35.5. The summed E-state index contributed by atoms with van der Waals surface area (Å²) in [4.78, 5) is 15.1. The minimum absolute atomic E-state index is 0.00555. The number of nitriles is 1. The number of sulfone groups is 1. The molecule has 1 saturated heterocycles. The van der Waals surface area contributed by atoms with Crippen LogP contribution >= 0.6 is 22.9 Å². The SMILES string of the molecule is Cc1ccc(-n2nc(C(=O)NN3CCS(=O)(=O)CC3)c(C)c2-c2ccc(CCC#N)s2)c(Cl)c1. The quantitative estimate of drug-likeness (QED) is 0.534. The van der Waals surface area contributed by atoms with Crippen molar-refractivity contribution in [3.63, 3.8) is 0 Å². The number of halogens is 1. The number of benzene rings is 1. The van der Waals surface area contributed by atoms with Gasteiger partial charge in [-0.05, 0) is 50.1 Å². The number of aromatic nitrogens is 2. The topological polar surface area (TPSA) is 108 Å². The second-order valence-corrected chi connectivity index (χ2v) is 12.1. The van der Waals surface area contributed by atoms with E-state index in [1.54, 1.807) is 21.0 Å². The molecular formula is C23H24ClN5O3S2. The highest BCUT2D eigenvalue weighted by Gasteiger charge is 2.27. The number of thiophene rings is 1. The Labute approximate surface area is 207 Å². The molecule has 0 bridgehead atoms. The number of nitrogens with one attached hydrogen (secondary N) is 1. The Hall–Kier alpha value is -2.71. The normalized spacial score (nSPS) is 15.7. The van der Waals surface area contributed by atoms with Crippen LogP contribution in [0.3, 0.4) is 0 Å². The number of carbonyl (C=O) groups is 1. The van der Waals surface area contributed by atoms with Crippen molar-refractivity contribution in [2.45, 2.75) is 26.7 Å². The van der Waals surface area contributed by atoms with Crippen molar-refractivity contribution in [2.75, 3.05) is 24.6 Å². The van der Waals surface area contributed by atoms with Crippen LogP contribution in [0.15, 0.2) is 30.3 Å². The summed E-state index contributed by atoms with van der Waals surface area (Å²) in [6.45, 7) is 4.25. The van der Waals surface area contributed by atoms with Crippen LogP contribution in [0, 0.1) is 25.2 Å². The predicted octanol–water partition coefficient (Wildman–Crippen LogP) is 3.70. The molecule has 1 N–H and O–H groups in total. The van der Waals surface area contributed by atoms with Gasteiger partial charge in [0.1, 0.15) is 0 Å². The lowest BCUT2D eigenvalue weighted by atomic mass is 10.1. The van der Waals surface area contributed by atoms with Gasteiger partial charge in [-0.3, -0.25) is 10.2 Å². The van der Waals surface area contributed by atoms with Gasteiger partial charge in [0.05, 0.1) is 38.9 Å². The Kier molecular flexibility index (Phi) is 7.09. The monoisotopic (exact) mass is 517 g/mol. The molecule has 0 radical (unpaired) electrons. The van der Waals surface area contributed by atoms with E-state index in [2.05, 4.69) is 16.6 Å². The summed E-state index contributed by atoms with van der Waals surface area (Å²) in [5.41, 5.74) is 6.15. The number of rotatable bonds is 6. The number of hydrazine groups is 1. The van der Waals surface area contributed by atoms with Crippen molar-refractivity contribution >= 4 is 38.7 Å². The second kappa shape index (κ2) is 9.88. The standard InChI is InChI=1S/C23H24ClN5O3S2/c1-15-5-7-19(18(24)14-15)29-22(20-8-6-17(33-20)4-3-9-25)16(2)21(26-29)23(30)27-28-10-12-34(31,32)13-11-28/h5-8,14H,3-4,10-13H2,1-2H3,(H,27,30). The van der Waals surface area contributed by atoms with Crippen LogP contribution in [0.5, 0.6) is 0 Å². The Bertz CT molecular complexity index is 1370. The second-order valence-electron chi connectivity index (χ2n) is 8.19. The van der Waals surface area contributed by atoms with Gasteiger partial charge < -0.3 is 0 Å². The molecule has 178 valence electrons. The Balaban J connectivity index is 1.73. The molecule has 3 heterocycles. The number of carbonyl (C=O) groups excluding carboxylic acids is 1. The fourth-order valence-electron chi connectivity index (χ4n) is 3.80. The van der Waals surface area contributed by atoms with Crippen LogP contribution in [0.4, 0.5) is 0 Å². The predicted molar refractivity (Wildman–Crippen MR) is 133 cm³/mol. The summed E-state index contributed by atoms with van der Waals surface area (Å²) >= 11 is 8.12. The highest BCUT2D eigenvalue weighted by molar-refractivity contribution is 7.91. The molecule has 1 aliphatic heterocycles. The molecule has 1 amide bonds. The smallest absolute Gasteiger partial charge is 0.283 e. The first-order valence-corrected chi connectivity index (χ1v) is 13.8. The van der Waals surface area contributed by atoms with Crippen LogP contribution < -0.4 is 5.43 Å². The Morgan fingerprint density at radius 1 is 1.24 bits per heavy atom. The van der Waals surface area contributed by atoms with Gasteiger partial charge >= 0.3 is 0 Å². The van der Waals surface area contributed by atoms with E-state index in [4.69, 9.17) is 16.9 Å². The molecule has 4 rings (SSSR count). The maximum absolute atomic E-state index is 13.2. The lowest BCUT2D eigenvalue weighted by Gasteiger charge is -2.26. The highest BCUT2D eigenvalue weighted by Crippen LogP contribution is 2.36. The fraction of sp³-hybridized carbons (Fsp3) is 0.348. The van der Waals surface area contributed by atoms with Crippen LogP contribution in [0.1, 0.15) is 32.9 Å². The fourth-order valence-corrected chi connectivity index (χ4v) is 6.41. The Morgan fingerprint density at radius 2 is 1.97 bits per heavy atom. The summed E-state index contributed by atoms with van der Waals surface area (Å²) in [6, 6.07) is 11.8. The van der Waals surface area contributed by atoms with Gasteiger partial charge in [0.15, 0.2) is 15.5 Å². The van der Waals surface area contributed by atoms with Crippen molar-refractivity contribution in [3.05, 3.63) is 57.1 Å². The van der Waals surface area contributed by atoms with Crippen LogP contribution in [-0.2, 0) is 16.3 Å². The third-order valence-electron chi connectivity index (χ3n) is 5.65. The van der Waals surface area contributed by atoms with Crippen molar-refractivity contribution < 1.29 is 13.2 Å². The molecule has 2 aromatic heterocycles. The third-order valence-corrected chi connectivity index (χ3v) is 8.71. The van der Waals surface area contributed by atoms with Gasteiger partial charge in [0, 0.05) is 30.0 Å². The molecule has 0 aliphatic carbocycles. The van der Waals surface area contributed by atoms with E-state index in [9.17, 15) is 13.2 Å². The van der Waals surface area contributed by atoms with Gasteiger partial charge in [0.25, 0.3) is 5.91 Å². The van der Waals surface area contributed by atoms with E-state index < -0.39 is 15.7 Å². The van der Waals surface area contributed by atoms with E-state index >= 15 is 0 Å². The molecule has 34 heavy (non-hydrogen) atoms. The van der Waals surface area contributed by atoms with Crippen LogP contribution in [0.2, 0.25) is 5.02 Å². The summed E-state index contributed by atoms with van der Waals surface area (Å²) in [7, 11) is -3.06. The summed E-state index contributed by atoms with van der Waals surface area (Å²) in [5.74, 6) is -0.390. The van der Waals surface area contributed by atoms with Crippen LogP contribution in [0.25, 0.3) is 16.3 Å². The number of hydrogen-bond donors (Lipinski definition) is 1. The first-order chi connectivity index (χ1) is 16.2. The number of nitrogens with zero attached hydrogens (tertiary/aromatic N) is 4. The number of hydrogen-bond acceptors (Lipinski definition) is 7. The molecule has 11 heteroatoms. The van der Waals surface area contributed by atoms with Crippen molar-refractivity contribution in [1.82, 2.24) is 20.2 Å². The molecule has 1 aliphatic rings. The average Bonchev–Trinajstić information content (AvgIpc) is 3.38. The molecule has 0 atom stereocenters. The first-order valence-electron chi connectivity index (χ1n) is 10.8. The van der Waals surface area contributed by atoms with E-state index in [1.807, 2.05) is 44.2 Å². The first kappa shape index (κ1) is 24.4. The minimum Gasteiger partial charge on any atom is -0.283 e. The zero-order valence-corrected chi connectivity index (χ0v) is 21.2. The lowest BCUT2D eigenvalue weighted by Crippen LogP contribution is -2.50. The molecule has 3 aromatic rings. The maximum atomic E-state index is 13.2. The summed E-state index contributed by atoms with van der Waals surface area (Å²) in [5, 5.41) is 15.7. The van der Waals surface area contributed by atoms with Gasteiger partial charge in [-0.2, -0.15) is 10.4 Å². The van der Waals surface area contributed by atoms with Crippen molar-refractivity contribution in [1.29, 1.82) is 5.26 Å². The molecule has 1 fully saturated rings. The zero-order chi connectivity index (χ0) is 24.5. The van der Waals surface area contributed by atoms with Gasteiger partial charge in [-0.1, -0.05) is 17.7 Å². The maximum Gasteiger partial charge on any atom is 0.286 e. The molecule has 8 nitrogen and oxygen atoms in total. The number of aryl methyl sites for hydroxylation is 2. The third kappa shape index (κ3) is 5.18. The summed E-state index contributed by atoms with van der Waals surface area (Å²) < 4.78 is 25.1. The van der Waals surface area contributed by atoms with Crippen molar-refractivity contribution in [2.24, 2.45) is 0 Å². The van der Waals surface area contributed by atoms with E-state index in [0.717, 1.165) is 21.0 Å². The molecular weight excluding hydrogens is 494 g/mol. The molecule has 1 aromatic carbocycles. The lowest BCUT2D eigenvalue weighted by molar-refractivity contribution is 0.0795. The van der Waals surface area contributed by atoms with Crippen molar-refractivity contribution in [3.8, 4) is 22.3 Å². The van der Waals surface area contributed by atoms with E-state index in [-0.39, 0.29) is 30.3 Å². The van der Waals surface area contributed by atoms with E-state index in [0.29, 0.717) is 29.1 Å². The number of amides is 1. The largest absolute Gasteiger partial charge is 0.286 e.